The first-order chi connectivity index (χ1) is 24.7. The minimum Gasteiger partial charge on any atom is -0.371 e. The summed E-state index contributed by atoms with van der Waals surface area (Å²) in [7, 11) is 0. The number of hydrogen-bond acceptors (Lipinski definition) is 8. The van der Waals surface area contributed by atoms with Crippen LogP contribution in [0, 0.1) is 11.8 Å². The van der Waals surface area contributed by atoms with Gasteiger partial charge in [0.1, 0.15) is 18.1 Å². The number of nitrogens with two attached hydrogens (primary N) is 1. The molecule has 5 unspecified atom stereocenters. The molecule has 2 saturated carbocycles. The zero-order chi connectivity index (χ0) is 38.0. The normalized spacial score (nSPS) is 21.4. The number of ketones is 1. The lowest BCUT2D eigenvalue weighted by atomic mass is 9.83. The van der Waals surface area contributed by atoms with E-state index in [9.17, 15) is 33.6 Å². The molecule has 6 N–H and O–H groups in total. The molecule has 1 aliphatic heterocycles. The average molecular weight is 725 g/mol. The molecule has 14 heteroatoms. The highest BCUT2D eigenvalue weighted by Crippen LogP contribution is 2.32. The molecule has 3 aliphatic rings. The maximum atomic E-state index is 14.5. The van der Waals surface area contributed by atoms with E-state index in [1.165, 1.54) is 4.90 Å². The second-order valence-electron chi connectivity index (χ2n) is 15.3. The van der Waals surface area contributed by atoms with Crippen molar-refractivity contribution in [1.29, 1.82) is 0 Å². The Morgan fingerprint density at radius 1 is 0.865 bits per heavy atom. The number of nitrogens with zero attached hydrogens (tertiary/aromatic N) is 1. The standard InChI is InChI=1S/C38H56N6O8/c1-5-27(32(46)36(50)40-21-29(45)42-30(33(39)47)23-14-8-6-9-15-23)41-35(49)28-20-26(52-38(2,3)4)22-44(28)37(51)31(24-16-10-7-11-17-24)43-34(48)25-18-12-13-19-25/h6,8-9,14-15,24-28,30-31H,5,7,10-13,16-22H2,1-4H3,(H2,39,47)(H,40,50)(H,41,49)(H,42,45)(H,43,48). The molecule has 3 fully saturated rings. The second-order valence-corrected chi connectivity index (χ2v) is 15.3. The quantitative estimate of drug-likeness (QED) is 0.169. The van der Waals surface area contributed by atoms with Gasteiger partial charge in [-0.15, -0.1) is 0 Å². The van der Waals surface area contributed by atoms with Gasteiger partial charge in [-0.2, -0.15) is 0 Å². The van der Waals surface area contributed by atoms with Crippen molar-refractivity contribution in [3.05, 3.63) is 35.9 Å². The van der Waals surface area contributed by atoms with E-state index in [1.54, 1.807) is 37.3 Å². The van der Waals surface area contributed by atoms with E-state index in [2.05, 4.69) is 21.3 Å². The van der Waals surface area contributed by atoms with Gasteiger partial charge < -0.3 is 36.6 Å². The van der Waals surface area contributed by atoms with Gasteiger partial charge in [-0.25, -0.2) is 0 Å². The van der Waals surface area contributed by atoms with Crippen molar-refractivity contribution in [2.45, 2.75) is 134 Å². The van der Waals surface area contributed by atoms with Crippen LogP contribution >= 0.6 is 0 Å². The van der Waals surface area contributed by atoms with Crippen molar-refractivity contribution >= 4 is 41.2 Å². The lowest BCUT2D eigenvalue weighted by Crippen LogP contribution is -2.58. The highest BCUT2D eigenvalue weighted by molar-refractivity contribution is 6.38. The number of carbonyl (C=O) groups excluding carboxylic acids is 7. The van der Waals surface area contributed by atoms with Crippen LogP contribution in [0.25, 0.3) is 0 Å². The van der Waals surface area contributed by atoms with Gasteiger partial charge in [0.2, 0.25) is 35.3 Å². The molecule has 0 spiro atoms. The summed E-state index contributed by atoms with van der Waals surface area (Å²) in [5.74, 6) is -4.88. The molecule has 0 aromatic heterocycles. The fourth-order valence-electron chi connectivity index (χ4n) is 7.56. The molecule has 52 heavy (non-hydrogen) atoms. The number of rotatable bonds is 15. The van der Waals surface area contributed by atoms with Gasteiger partial charge >= 0.3 is 0 Å². The Kier molecular flexibility index (Phi) is 14.3. The topological polar surface area (TPSA) is 206 Å². The SMILES string of the molecule is CCC(NC(=O)C1CC(OC(C)(C)C)CN1C(=O)C(NC(=O)C1CCCC1)C1CCCCC1)C(=O)C(=O)NCC(=O)NC(C(N)=O)c1ccccc1. The van der Waals surface area contributed by atoms with Gasteiger partial charge in [-0.1, -0.05) is 69.4 Å². The van der Waals surface area contributed by atoms with Gasteiger partial charge in [0, 0.05) is 18.9 Å². The summed E-state index contributed by atoms with van der Waals surface area (Å²) in [5, 5.41) is 10.5. The number of nitrogens with one attached hydrogen (secondary N) is 4. The van der Waals surface area contributed by atoms with Crippen LogP contribution in [-0.4, -0.2) is 89.0 Å². The van der Waals surface area contributed by atoms with E-state index in [0.717, 1.165) is 57.8 Å². The van der Waals surface area contributed by atoms with E-state index in [1.807, 2.05) is 20.8 Å². The lowest BCUT2D eigenvalue weighted by Gasteiger charge is -2.35. The number of carbonyl (C=O) groups is 7. The Hall–Kier alpha value is -4.33. The van der Waals surface area contributed by atoms with Crippen LogP contribution in [0.4, 0.5) is 0 Å². The number of primary amides is 1. The van der Waals surface area contributed by atoms with E-state index >= 15 is 0 Å². The monoisotopic (exact) mass is 724 g/mol. The van der Waals surface area contributed by atoms with Gasteiger partial charge in [-0.05, 0) is 64.4 Å². The third-order valence-electron chi connectivity index (χ3n) is 10.2. The van der Waals surface area contributed by atoms with Crippen LogP contribution in [-0.2, 0) is 38.3 Å². The Morgan fingerprint density at radius 2 is 1.50 bits per heavy atom. The summed E-state index contributed by atoms with van der Waals surface area (Å²) in [6, 6.07) is 4.16. The Bertz CT molecular complexity index is 1450. The maximum absolute atomic E-state index is 14.5. The van der Waals surface area contributed by atoms with Gasteiger partial charge in [-0.3, -0.25) is 33.6 Å². The molecule has 6 amide bonds. The molecule has 4 rings (SSSR count). The average Bonchev–Trinajstić information content (AvgIpc) is 3.81. The molecule has 1 saturated heterocycles. The number of Topliss-reactive ketones (excluding diaryl/α,β-unsaturated/α-hetero) is 1. The highest BCUT2D eigenvalue weighted by atomic mass is 16.5. The number of benzene rings is 1. The minimum absolute atomic E-state index is 0.0605. The number of hydrogen-bond donors (Lipinski definition) is 5. The minimum atomic E-state index is -1.24. The molecule has 2 aliphatic carbocycles. The summed E-state index contributed by atoms with van der Waals surface area (Å²) in [5.41, 5.74) is 5.35. The van der Waals surface area contributed by atoms with Crippen LogP contribution in [0.3, 0.4) is 0 Å². The van der Waals surface area contributed by atoms with Crippen molar-refractivity contribution in [3.8, 4) is 0 Å². The highest BCUT2D eigenvalue weighted by Gasteiger charge is 2.46. The third-order valence-corrected chi connectivity index (χ3v) is 10.2. The van der Waals surface area contributed by atoms with Crippen molar-refractivity contribution < 1.29 is 38.3 Å². The summed E-state index contributed by atoms with van der Waals surface area (Å²) >= 11 is 0. The number of ether oxygens (including phenoxy) is 1. The van der Waals surface area contributed by atoms with Crippen LogP contribution in [0.15, 0.2) is 30.3 Å². The predicted molar refractivity (Wildman–Crippen MR) is 192 cm³/mol. The molecule has 1 aromatic rings. The summed E-state index contributed by atoms with van der Waals surface area (Å²) in [4.78, 5) is 93.9. The first-order valence-electron chi connectivity index (χ1n) is 18.7. The van der Waals surface area contributed by atoms with Gasteiger partial charge in [0.25, 0.3) is 5.91 Å². The molecular formula is C38H56N6O8. The largest absolute Gasteiger partial charge is 0.371 e. The molecule has 0 radical (unpaired) electrons. The van der Waals surface area contributed by atoms with Crippen LogP contribution in [0.5, 0.6) is 0 Å². The van der Waals surface area contributed by atoms with E-state index in [0.29, 0.717) is 5.56 Å². The Labute approximate surface area is 306 Å². The van der Waals surface area contributed by atoms with Crippen molar-refractivity contribution in [2.75, 3.05) is 13.1 Å². The summed E-state index contributed by atoms with van der Waals surface area (Å²) < 4.78 is 6.23. The molecule has 1 heterocycles. The predicted octanol–water partition coefficient (Wildman–Crippen LogP) is 1.95. The molecule has 286 valence electrons. The lowest BCUT2D eigenvalue weighted by molar-refractivity contribution is -0.145. The maximum Gasteiger partial charge on any atom is 0.290 e. The number of likely N-dealkylation sites (tertiary alicyclic amines) is 1. The first kappa shape index (κ1) is 40.4. The molecule has 0 bridgehead atoms. The van der Waals surface area contributed by atoms with E-state index in [-0.39, 0.29) is 43.0 Å². The van der Waals surface area contributed by atoms with E-state index in [4.69, 9.17) is 10.5 Å². The van der Waals surface area contributed by atoms with Gasteiger partial charge in [0.05, 0.1) is 24.3 Å². The Balaban J connectivity index is 1.44. The molecular weight excluding hydrogens is 668 g/mol. The summed E-state index contributed by atoms with van der Waals surface area (Å²) in [6.45, 7) is 6.81. The fourth-order valence-corrected chi connectivity index (χ4v) is 7.56. The molecule has 1 aromatic carbocycles. The third kappa shape index (κ3) is 11.1. The van der Waals surface area contributed by atoms with Crippen molar-refractivity contribution in [2.24, 2.45) is 17.6 Å². The van der Waals surface area contributed by atoms with E-state index < -0.39 is 71.8 Å². The zero-order valence-corrected chi connectivity index (χ0v) is 30.9. The summed E-state index contributed by atoms with van der Waals surface area (Å²) in [6.07, 6.45) is 7.86. The zero-order valence-electron chi connectivity index (χ0n) is 30.9. The van der Waals surface area contributed by atoms with Crippen LogP contribution in [0.1, 0.15) is 110 Å². The van der Waals surface area contributed by atoms with Crippen molar-refractivity contribution in [1.82, 2.24) is 26.2 Å². The van der Waals surface area contributed by atoms with Crippen LogP contribution in [0.2, 0.25) is 0 Å². The second kappa shape index (κ2) is 18.4. The molecule has 5 atom stereocenters. The Morgan fingerprint density at radius 3 is 2.10 bits per heavy atom. The van der Waals surface area contributed by atoms with Crippen molar-refractivity contribution in [3.63, 3.8) is 0 Å². The smallest absolute Gasteiger partial charge is 0.290 e. The van der Waals surface area contributed by atoms with Gasteiger partial charge in [0.15, 0.2) is 0 Å². The fraction of sp³-hybridized carbons (Fsp3) is 0.658. The molecule has 14 nitrogen and oxygen atoms in total. The first-order valence-corrected chi connectivity index (χ1v) is 18.7. The number of amides is 6. The van der Waals surface area contributed by atoms with Crippen LogP contribution < -0.4 is 27.0 Å².